The molecule has 1 aromatic carbocycles. The second-order valence-electron chi connectivity index (χ2n) is 7.73. The summed E-state index contributed by atoms with van der Waals surface area (Å²) in [5.41, 5.74) is 1.59. The highest BCUT2D eigenvalue weighted by Crippen LogP contribution is 2.44. The van der Waals surface area contributed by atoms with E-state index in [-0.39, 0.29) is 0 Å². The molecule has 0 unspecified atom stereocenters. The molecule has 0 bridgehead atoms. The number of rotatable bonds is 4. The van der Waals surface area contributed by atoms with Gasteiger partial charge in [-0.05, 0) is 102 Å². The van der Waals surface area contributed by atoms with Crippen molar-refractivity contribution in [3.05, 3.63) is 33.4 Å². The molecule has 0 amide bonds. The van der Waals surface area contributed by atoms with Gasteiger partial charge < -0.3 is 0 Å². The third-order valence-electron chi connectivity index (χ3n) is 6.37. The molecule has 0 radical (unpaired) electrons. The summed E-state index contributed by atoms with van der Waals surface area (Å²) >= 11 is 2.41. The van der Waals surface area contributed by atoms with E-state index < -0.39 is 0 Å². The molecular weight excluding hydrogens is 379 g/mol. The van der Waals surface area contributed by atoms with E-state index in [1.54, 1.807) is 5.56 Å². The van der Waals surface area contributed by atoms with Crippen molar-refractivity contribution in [2.24, 2.45) is 17.8 Å². The predicted octanol–water partition coefficient (Wildman–Crippen LogP) is 7.17. The van der Waals surface area contributed by atoms with Crippen molar-refractivity contribution in [2.45, 2.75) is 77.0 Å². The summed E-state index contributed by atoms with van der Waals surface area (Å²) in [7, 11) is 0. The highest BCUT2D eigenvalue weighted by atomic mass is 127. The number of halogens is 1. The Kier molecular flexibility index (Phi) is 6.24. The Morgan fingerprint density at radius 1 is 0.818 bits per heavy atom. The summed E-state index contributed by atoms with van der Waals surface area (Å²) in [6.07, 6.45) is 14.8. The molecule has 0 aromatic heterocycles. The predicted molar refractivity (Wildman–Crippen MR) is 104 cm³/mol. The molecule has 2 aliphatic rings. The minimum atomic E-state index is 0.838. The lowest BCUT2D eigenvalue weighted by Gasteiger charge is -2.38. The second kappa shape index (κ2) is 8.17. The van der Waals surface area contributed by atoms with Crippen molar-refractivity contribution in [3.63, 3.8) is 0 Å². The molecule has 122 valence electrons. The highest BCUT2D eigenvalue weighted by Gasteiger charge is 2.30. The molecule has 1 heteroatoms. The zero-order chi connectivity index (χ0) is 15.4. The van der Waals surface area contributed by atoms with Crippen LogP contribution in [0.15, 0.2) is 24.3 Å². The minimum Gasteiger partial charge on any atom is -0.0654 e. The van der Waals surface area contributed by atoms with Crippen LogP contribution in [0.5, 0.6) is 0 Å². The second-order valence-corrected chi connectivity index (χ2v) is 8.98. The molecule has 0 saturated heterocycles. The summed E-state index contributed by atoms with van der Waals surface area (Å²) < 4.78 is 1.36. The van der Waals surface area contributed by atoms with Crippen LogP contribution in [-0.2, 0) is 0 Å². The van der Waals surface area contributed by atoms with E-state index in [9.17, 15) is 0 Å². The first-order chi connectivity index (χ1) is 10.8. The Labute approximate surface area is 150 Å². The molecule has 0 spiro atoms. The first kappa shape index (κ1) is 16.8. The highest BCUT2D eigenvalue weighted by molar-refractivity contribution is 14.1. The Bertz CT molecular complexity index is 433. The molecule has 22 heavy (non-hydrogen) atoms. The van der Waals surface area contributed by atoms with Crippen LogP contribution in [0, 0.1) is 21.3 Å². The fourth-order valence-electron chi connectivity index (χ4n) is 5.02. The van der Waals surface area contributed by atoms with Crippen molar-refractivity contribution in [2.75, 3.05) is 0 Å². The van der Waals surface area contributed by atoms with Gasteiger partial charge in [-0.15, -0.1) is 0 Å². The maximum Gasteiger partial charge on any atom is 0.0130 e. The number of hydrogen-bond donors (Lipinski definition) is 0. The lowest BCUT2D eigenvalue weighted by molar-refractivity contribution is 0.156. The molecule has 0 atom stereocenters. The fourth-order valence-corrected chi connectivity index (χ4v) is 5.38. The lowest BCUT2D eigenvalue weighted by Crippen LogP contribution is -2.25. The molecule has 0 heterocycles. The van der Waals surface area contributed by atoms with Gasteiger partial charge in [0.15, 0.2) is 0 Å². The topological polar surface area (TPSA) is 0 Å². The van der Waals surface area contributed by atoms with Gasteiger partial charge in [0.1, 0.15) is 0 Å². The van der Waals surface area contributed by atoms with Gasteiger partial charge in [-0.3, -0.25) is 0 Å². The largest absolute Gasteiger partial charge is 0.0654 e. The van der Waals surface area contributed by atoms with Crippen molar-refractivity contribution in [1.82, 2.24) is 0 Å². The van der Waals surface area contributed by atoms with E-state index >= 15 is 0 Å². The molecule has 0 N–H and O–H groups in total. The van der Waals surface area contributed by atoms with Crippen molar-refractivity contribution >= 4 is 22.6 Å². The summed E-state index contributed by atoms with van der Waals surface area (Å²) in [5, 5.41) is 0. The maximum absolute atomic E-state index is 2.41. The Balaban J connectivity index is 1.47. The zero-order valence-electron chi connectivity index (χ0n) is 14.1. The quantitative estimate of drug-likeness (QED) is 0.462. The molecule has 2 saturated carbocycles. The van der Waals surface area contributed by atoms with Crippen molar-refractivity contribution < 1.29 is 0 Å². The SMILES string of the molecule is CCC[C@H]1CC[C@H](C2CCC(c3ccc(I)cc3)CC2)CC1. The fraction of sp³-hybridized carbons (Fsp3) is 0.714. The summed E-state index contributed by atoms with van der Waals surface area (Å²) in [5.74, 6) is 4.00. The monoisotopic (exact) mass is 410 g/mol. The third kappa shape index (κ3) is 4.27. The van der Waals surface area contributed by atoms with Crippen LogP contribution >= 0.6 is 22.6 Å². The Morgan fingerprint density at radius 2 is 1.36 bits per heavy atom. The smallest absolute Gasteiger partial charge is 0.0130 e. The molecule has 0 aliphatic heterocycles. The first-order valence-electron chi connectivity index (χ1n) is 9.51. The number of hydrogen-bond acceptors (Lipinski definition) is 0. The van der Waals surface area contributed by atoms with Crippen LogP contribution in [-0.4, -0.2) is 0 Å². The van der Waals surface area contributed by atoms with Crippen LogP contribution in [0.2, 0.25) is 0 Å². The van der Waals surface area contributed by atoms with Gasteiger partial charge in [0, 0.05) is 3.57 Å². The van der Waals surface area contributed by atoms with Crippen molar-refractivity contribution in [1.29, 1.82) is 0 Å². The van der Waals surface area contributed by atoms with E-state index in [1.165, 1.54) is 67.8 Å². The maximum atomic E-state index is 2.41. The summed E-state index contributed by atoms with van der Waals surface area (Å²) in [4.78, 5) is 0. The van der Waals surface area contributed by atoms with Crippen LogP contribution in [0.3, 0.4) is 0 Å². The molecular formula is C21H31I. The van der Waals surface area contributed by atoms with Gasteiger partial charge in [-0.2, -0.15) is 0 Å². The number of benzene rings is 1. The van der Waals surface area contributed by atoms with Gasteiger partial charge in [0.05, 0.1) is 0 Å². The van der Waals surface area contributed by atoms with Gasteiger partial charge in [-0.25, -0.2) is 0 Å². The van der Waals surface area contributed by atoms with E-state index in [1.807, 2.05) is 0 Å². The van der Waals surface area contributed by atoms with Crippen LogP contribution < -0.4 is 0 Å². The van der Waals surface area contributed by atoms with E-state index in [2.05, 4.69) is 53.8 Å². The average Bonchev–Trinajstić information content (AvgIpc) is 2.57. The third-order valence-corrected chi connectivity index (χ3v) is 7.09. The van der Waals surface area contributed by atoms with Gasteiger partial charge in [0.25, 0.3) is 0 Å². The van der Waals surface area contributed by atoms with E-state index in [4.69, 9.17) is 0 Å². The normalized spacial score (nSPS) is 32.8. The zero-order valence-corrected chi connectivity index (χ0v) is 16.2. The van der Waals surface area contributed by atoms with Crippen LogP contribution in [0.25, 0.3) is 0 Å². The van der Waals surface area contributed by atoms with Gasteiger partial charge in [-0.1, -0.05) is 44.7 Å². The van der Waals surface area contributed by atoms with Crippen LogP contribution in [0.4, 0.5) is 0 Å². The molecule has 0 nitrogen and oxygen atoms in total. The molecule has 1 aromatic rings. The molecule has 2 fully saturated rings. The van der Waals surface area contributed by atoms with Crippen LogP contribution in [0.1, 0.15) is 82.6 Å². The minimum absolute atomic E-state index is 0.838. The summed E-state index contributed by atoms with van der Waals surface area (Å²) in [6, 6.07) is 9.28. The summed E-state index contributed by atoms with van der Waals surface area (Å²) in [6.45, 7) is 2.35. The average molecular weight is 410 g/mol. The van der Waals surface area contributed by atoms with Gasteiger partial charge >= 0.3 is 0 Å². The first-order valence-corrected chi connectivity index (χ1v) is 10.6. The van der Waals surface area contributed by atoms with Crippen molar-refractivity contribution in [3.8, 4) is 0 Å². The molecule has 3 rings (SSSR count). The van der Waals surface area contributed by atoms with E-state index in [0.29, 0.717) is 0 Å². The molecule has 2 aliphatic carbocycles. The lowest BCUT2D eigenvalue weighted by atomic mass is 9.68. The standard InChI is InChI=1S/C21H31I/c1-2-3-16-4-6-17(7-5-16)18-8-10-19(11-9-18)20-12-14-21(22)15-13-20/h12-19H,2-11H2,1H3/t16-,17-,18?,19?. The van der Waals surface area contributed by atoms with E-state index in [0.717, 1.165) is 23.7 Å². The Hall–Kier alpha value is -0.0500. The van der Waals surface area contributed by atoms with Gasteiger partial charge in [0.2, 0.25) is 0 Å². The Morgan fingerprint density at radius 3 is 1.91 bits per heavy atom.